The van der Waals surface area contributed by atoms with Gasteiger partial charge in [-0.1, -0.05) is 0 Å². The molecule has 0 aliphatic heterocycles. The fraction of sp³-hybridized carbons (Fsp3) is 0.357. The standard InChI is InChI=1S/C14H17ClN2O5/c1-21-12(18)9-6-10(13(19)22-2)8-11(7-9)17-14(20)16-5-3-4-15/h6-8H,3-5H2,1-2H3,(H2,16,17,20). The van der Waals surface area contributed by atoms with Crippen LogP contribution in [0.5, 0.6) is 0 Å². The largest absolute Gasteiger partial charge is 0.465 e. The molecule has 2 N–H and O–H groups in total. The van der Waals surface area contributed by atoms with E-state index in [0.717, 1.165) is 0 Å². The van der Waals surface area contributed by atoms with Crippen molar-refractivity contribution in [1.82, 2.24) is 5.32 Å². The second-order valence-corrected chi connectivity index (χ2v) is 4.58. The molecule has 0 aliphatic rings. The Labute approximate surface area is 132 Å². The summed E-state index contributed by atoms with van der Waals surface area (Å²) in [7, 11) is 2.44. The zero-order chi connectivity index (χ0) is 16.5. The number of esters is 2. The molecule has 0 spiro atoms. The highest BCUT2D eigenvalue weighted by Crippen LogP contribution is 2.17. The van der Waals surface area contributed by atoms with Gasteiger partial charge in [-0.25, -0.2) is 14.4 Å². The molecule has 0 saturated heterocycles. The van der Waals surface area contributed by atoms with Crippen molar-refractivity contribution in [2.75, 3.05) is 32.0 Å². The van der Waals surface area contributed by atoms with Crippen LogP contribution < -0.4 is 10.6 Å². The van der Waals surface area contributed by atoms with Gasteiger partial charge in [-0.05, 0) is 24.6 Å². The molecule has 1 aromatic carbocycles. The predicted octanol–water partition coefficient (Wildman–Crippen LogP) is 2.01. The van der Waals surface area contributed by atoms with Crippen molar-refractivity contribution >= 4 is 35.3 Å². The van der Waals surface area contributed by atoms with Crippen LogP contribution in [-0.2, 0) is 9.47 Å². The molecular formula is C14H17ClN2O5. The SMILES string of the molecule is COC(=O)c1cc(NC(=O)NCCCCl)cc(C(=O)OC)c1. The van der Waals surface area contributed by atoms with Crippen LogP contribution in [0.1, 0.15) is 27.1 Å². The van der Waals surface area contributed by atoms with Crippen molar-refractivity contribution in [3.8, 4) is 0 Å². The highest BCUT2D eigenvalue weighted by atomic mass is 35.5. The number of rotatable bonds is 6. The smallest absolute Gasteiger partial charge is 0.337 e. The Morgan fingerprint density at radius 3 is 2.05 bits per heavy atom. The third-order valence-electron chi connectivity index (χ3n) is 2.63. The number of urea groups is 1. The molecule has 0 radical (unpaired) electrons. The molecule has 0 saturated carbocycles. The van der Waals surface area contributed by atoms with Gasteiger partial charge in [0.05, 0.1) is 25.3 Å². The topological polar surface area (TPSA) is 93.7 Å². The average Bonchev–Trinajstić information content (AvgIpc) is 2.53. The molecule has 0 unspecified atom stereocenters. The summed E-state index contributed by atoms with van der Waals surface area (Å²) in [5, 5.41) is 5.12. The number of benzene rings is 1. The minimum Gasteiger partial charge on any atom is -0.465 e. The van der Waals surface area contributed by atoms with Gasteiger partial charge in [0.2, 0.25) is 0 Å². The van der Waals surface area contributed by atoms with E-state index in [1.54, 1.807) is 0 Å². The number of amides is 2. The van der Waals surface area contributed by atoms with Crippen molar-refractivity contribution in [1.29, 1.82) is 0 Å². The molecule has 0 heterocycles. The first-order valence-electron chi connectivity index (χ1n) is 6.44. The molecule has 0 atom stereocenters. The molecule has 7 nitrogen and oxygen atoms in total. The molecule has 0 aromatic heterocycles. The zero-order valence-corrected chi connectivity index (χ0v) is 13.0. The second-order valence-electron chi connectivity index (χ2n) is 4.21. The summed E-state index contributed by atoms with van der Waals surface area (Å²) in [6.07, 6.45) is 0.630. The number of ether oxygens (including phenoxy) is 2. The average molecular weight is 329 g/mol. The van der Waals surface area contributed by atoms with Gasteiger partial charge in [0.25, 0.3) is 0 Å². The Morgan fingerprint density at radius 1 is 1.05 bits per heavy atom. The van der Waals surface area contributed by atoms with Crippen LogP contribution in [0, 0.1) is 0 Å². The van der Waals surface area contributed by atoms with Gasteiger partial charge in [0.15, 0.2) is 0 Å². The summed E-state index contributed by atoms with van der Waals surface area (Å²) < 4.78 is 9.22. The quantitative estimate of drug-likeness (QED) is 0.473. The van der Waals surface area contributed by atoms with Crippen LogP contribution in [0.4, 0.5) is 10.5 Å². The Morgan fingerprint density at radius 2 is 1.59 bits per heavy atom. The number of carbonyl (C=O) groups excluding carboxylic acids is 3. The summed E-state index contributed by atoms with van der Waals surface area (Å²) >= 11 is 5.51. The molecule has 120 valence electrons. The number of anilines is 1. The van der Waals surface area contributed by atoms with E-state index in [2.05, 4.69) is 20.1 Å². The maximum Gasteiger partial charge on any atom is 0.337 e. The molecule has 0 fully saturated rings. The minimum atomic E-state index is -0.628. The van der Waals surface area contributed by atoms with E-state index in [-0.39, 0.29) is 16.8 Å². The highest BCUT2D eigenvalue weighted by Gasteiger charge is 2.14. The fourth-order valence-electron chi connectivity index (χ4n) is 1.62. The zero-order valence-electron chi connectivity index (χ0n) is 12.3. The van der Waals surface area contributed by atoms with Crippen molar-refractivity contribution in [2.45, 2.75) is 6.42 Å². The summed E-state index contributed by atoms with van der Waals surface area (Å²) in [6, 6.07) is 3.66. The number of nitrogens with one attached hydrogen (secondary N) is 2. The van der Waals surface area contributed by atoms with Crippen LogP contribution in [0.3, 0.4) is 0 Å². The Bertz CT molecular complexity index is 528. The molecule has 22 heavy (non-hydrogen) atoms. The molecule has 0 bridgehead atoms. The first kappa shape index (κ1) is 17.8. The van der Waals surface area contributed by atoms with Gasteiger partial charge in [-0.2, -0.15) is 0 Å². The molecule has 1 aromatic rings. The van der Waals surface area contributed by atoms with Crippen LogP contribution in [0.25, 0.3) is 0 Å². The van der Waals surface area contributed by atoms with E-state index < -0.39 is 18.0 Å². The first-order valence-corrected chi connectivity index (χ1v) is 6.97. The lowest BCUT2D eigenvalue weighted by Gasteiger charge is -2.10. The van der Waals surface area contributed by atoms with Crippen molar-refractivity contribution < 1.29 is 23.9 Å². The van der Waals surface area contributed by atoms with Crippen LogP contribution >= 0.6 is 11.6 Å². The van der Waals surface area contributed by atoms with Gasteiger partial charge < -0.3 is 20.1 Å². The normalized spacial score (nSPS) is 9.77. The van der Waals surface area contributed by atoms with E-state index >= 15 is 0 Å². The Balaban J connectivity index is 2.95. The molecule has 1 rings (SSSR count). The molecule has 8 heteroatoms. The third kappa shape index (κ3) is 5.25. The van der Waals surface area contributed by atoms with Crippen LogP contribution in [0.2, 0.25) is 0 Å². The van der Waals surface area contributed by atoms with Gasteiger partial charge in [-0.15, -0.1) is 11.6 Å². The summed E-state index contributed by atoms with van der Waals surface area (Å²) in [4.78, 5) is 34.9. The van der Waals surface area contributed by atoms with E-state index in [1.807, 2.05) is 0 Å². The van der Waals surface area contributed by atoms with Crippen molar-refractivity contribution in [2.24, 2.45) is 0 Å². The van der Waals surface area contributed by atoms with E-state index in [0.29, 0.717) is 18.8 Å². The van der Waals surface area contributed by atoms with E-state index in [4.69, 9.17) is 11.6 Å². The number of alkyl halides is 1. The number of halogens is 1. The van der Waals surface area contributed by atoms with Crippen molar-refractivity contribution in [3.05, 3.63) is 29.3 Å². The van der Waals surface area contributed by atoms with Gasteiger partial charge >= 0.3 is 18.0 Å². The molecule has 2 amide bonds. The van der Waals surface area contributed by atoms with E-state index in [9.17, 15) is 14.4 Å². The van der Waals surface area contributed by atoms with Gasteiger partial charge in [0.1, 0.15) is 0 Å². The fourth-order valence-corrected chi connectivity index (χ4v) is 1.75. The molecule has 0 aliphatic carbocycles. The van der Waals surface area contributed by atoms with Crippen molar-refractivity contribution in [3.63, 3.8) is 0 Å². The Kier molecular flexibility index (Phi) is 7.18. The second kappa shape index (κ2) is 8.89. The van der Waals surface area contributed by atoms with Gasteiger partial charge in [-0.3, -0.25) is 0 Å². The number of carbonyl (C=O) groups is 3. The minimum absolute atomic E-state index is 0.126. The number of methoxy groups -OCH3 is 2. The summed E-state index contributed by atoms with van der Waals surface area (Å²) in [5.74, 6) is -0.822. The number of hydrogen-bond donors (Lipinski definition) is 2. The predicted molar refractivity (Wildman–Crippen MR) is 81.5 cm³/mol. The lowest BCUT2D eigenvalue weighted by molar-refractivity contribution is 0.0599. The lowest BCUT2D eigenvalue weighted by atomic mass is 10.1. The van der Waals surface area contributed by atoms with E-state index in [1.165, 1.54) is 32.4 Å². The summed E-state index contributed by atoms with van der Waals surface area (Å²) in [6.45, 7) is 0.413. The lowest BCUT2D eigenvalue weighted by Crippen LogP contribution is -2.29. The number of hydrogen-bond acceptors (Lipinski definition) is 5. The highest BCUT2D eigenvalue weighted by molar-refractivity contribution is 6.17. The Hall–Kier alpha value is -2.28. The summed E-state index contributed by atoms with van der Waals surface area (Å²) in [5.41, 5.74) is 0.523. The molecular weight excluding hydrogens is 312 g/mol. The van der Waals surface area contributed by atoms with Crippen LogP contribution in [0.15, 0.2) is 18.2 Å². The third-order valence-corrected chi connectivity index (χ3v) is 2.90. The van der Waals surface area contributed by atoms with Crippen LogP contribution in [-0.4, -0.2) is 44.6 Å². The maximum absolute atomic E-state index is 11.7. The monoisotopic (exact) mass is 328 g/mol. The first-order chi connectivity index (χ1) is 10.5. The van der Waals surface area contributed by atoms with Gasteiger partial charge in [0, 0.05) is 18.1 Å². The maximum atomic E-state index is 11.7.